The number of fused-ring (bicyclic) bond motifs is 1. The number of aryl methyl sites for hydroxylation is 1. The summed E-state index contributed by atoms with van der Waals surface area (Å²) in [5.41, 5.74) is 2.70. The topological polar surface area (TPSA) is 98.4 Å². The number of H-pyrrole nitrogens is 1. The first-order valence-corrected chi connectivity index (χ1v) is 10.1. The number of rotatable bonds is 3. The number of hydrogen-bond acceptors (Lipinski definition) is 4. The van der Waals surface area contributed by atoms with E-state index in [2.05, 4.69) is 15.5 Å². The summed E-state index contributed by atoms with van der Waals surface area (Å²) in [6, 6.07) is 9.29. The molecule has 1 aliphatic carbocycles. The molecule has 8 nitrogen and oxygen atoms in total. The van der Waals surface area contributed by atoms with E-state index in [-0.39, 0.29) is 17.8 Å². The second-order valence-electron chi connectivity index (χ2n) is 8.04. The monoisotopic (exact) mass is 393 g/mol. The van der Waals surface area contributed by atoms with Crippen molar-refractivity contribution in [3.8, 4) is 0 Å². The Morgan fingerprint density at radius 1 is 1.10 bits per heavy atom. The summed E-state index contributed by atoms with van der Waals surface area (Å²) in [7, 11) is 0. The number of likely N-dealkylation sites (tertiary alicyclic amines) is 1. The number of nitrogens with one attached hydrogen (secondary N) is 2. The van der Waals surface area contributed by atoms with Gasteiger partial charge in [-0.15, -0.1) is 0 Å². The molecule has 0 bridgehead atoms. The van der Waals surface area contributed by atoms with Gasteiger partial charge in [-0.2, -0.15) is 5.10 Å². The van der Waals surface area contributed by atoms with E-state index >= 15 is 0 Å². The minimum atomic E-state index is -0.892. The Hall–Kier alpha value is -3.16. The average molecular weight is 393 g/mol. The van der Waals surface area contributed by atoms with Gasteiger partial charge in [0, 0.05) is 30.9 Å². The van der Waals surface area contributed by atoms with Crippen molar-refractivity contribution >= 4 is 17.8 Å². The van der Waals surface area contributed by atoms with Gasteiger partial charge in [0.2, 0.25) is 0 Å². The number of carbonyl (C=O) groups is 3. The van der Waals surface area contributed by atoms with Gasteiger partial charge in [0.1, 0.15) is 5.54 Å². The summed E-state index contributed by atoms with van der Waals surface area (Å²) >= 11 is 0. The summed E-state index contributed by atoms with van der Waals surface area (Å²) in [5.74, 6) is -0.343. The van der Waals surface area contributed by atoms with E-state index in [1.165, 1.54) is 0 Å². The second kappa shape index (κ2) is 6.72. The minimum Gasteiger partial charge on any atom is -0.337 e. The molecule has 5 rings (SSSR count). The van der Waals surface area contributed by atoms with Gasteiger partial charge in [-0.25, -0.2) is 4.79 Å². The van der Waals surface area contributed by atoms with Crippen molar-refractivity contribution in [2.45, 2.75) is 44.2 Å². The smallest absolute Gasteiger partial charge is 0.325 e. The number of nitrogens with zero attached hydrogens (tertiary/aromatic N) is 3. The van der Waals surface area contributed by atoms with Crippen molar-refractivity contribution < 1.29 is 14.4 Å². The number of benzene rings is 1. The van der Waals surface area contributed by atoms with Crippen LogP contribution >= 0.6 is 0 Å². The third kappa shape index (κ3) is 2.82. The van der Waals surface area contributed by atoms with Crippen molar-refractivity contribution in [1.29, 1.82) is 0 Å². The number of imide groups is 1. The number of amides is 4. The van der Waals surface area contributed by atoms with Gasteiger partial charge in [-0.3, -0.25) is 20.0 Å². The van der Waals surface area contributed by atoms with Crippen LogP contribution in [-0.2, 0) is 24.2 Å². The highest BCUT2D eigenvalue weighted by atomic mass is 16.2. The molecular formula is C21H23N5O3. The molecule has 3 heterocycles. The van der Waals surface area contributed by atoms with Crippen molar-refractivity contribution in [3.63, 3.8) is 0 Å². The SMILES string of the molecule is O=C(c1n[nH]c2c1CCC2)N1CCC2(CC1)C(=O)NC(=O)N2Cc1ccccc1. The Morgan fingerprint density at radius 2 is 1.86 bits per heavy atom. The minimum absolute atomic E-state index is 0.0846. The predicted octanol–water partition coefficient (Wildman–Crippen LogP) is 1.63. The Balaban J connectivity index is 1.34. The molecule has 0 radical (unpaired) electrons. The number of urea groups is 1. The summed E-state index contributed by atoms with van der Waals surface area (Å²) in [5, 5.41) is 9.71. The quantitative estimate of drug-likeness (QED) is 0.775. The van der Waals surface area contributed by atoms with Gasteiger partial charge in [-0.1, -0.05) is 30.3 Å². The van der Waals surface area contributed by atoms with Gasteiger partial charge < -0.3 is 9.80 Å². The zero-order valence-corrected chi connectivity index (χ0v) is 16.1. The zero-order chi connectivity index (χ0) is 20.0. The first-order chi connectivity index (χ1) is 14.1. The molecule has 0 atom stereocenters. The maximum absolute atomic E-state index is 13.0. The third-order valence-corrected chi connectivity index (χ3v) is 6.48. The van der Waals surface area contributed by atoms with Crippen LogP contribution in [-0.4, -0.2) is 56.5 Å². The van der Waals surface area contributed by atoms with Gasteiger partial charge in [0.05, 0.1) is 0 Å². The number of hydrogen-bond donors (Lipinski definition) is 2. The maximum Gasteiger partial charge on any atom is 0.325 e. The average Bonchev–Trinajstić information content (AvgIpc) is 3.40. The van der Waals surface area contributed by atoms with Gasteiger partial charge >= 0.3 is 6.03 Å². The van der Waals surface area contributed by atoms with Crippen molar-refractivity contribution in [2.24, 2.45) is 0 Å². The van der Waals surface area contributed by atoms with Crippen LogP contribution in [0.2, 0.25) is 0 Å². The number of carbonyl (C=O) groups excluding carboxylic acids is 3. The zero-order valence-electron chi connectivity index (χ0n) is 16.1. The highest BCUT2D eigenvalue weighted by molar-refractivity contribution is 6.07. The van der Waals surface area contributed by atoms with Crippen LogP contribution in [0.3, 0.4) is 0 Å². The molecule has 1 aromatic carbocycles. The molecule has 0 saturated carbocycles. The predicted molar refractivity (Wildman–Crippen MR) is 104 cm³/mol. The molecule has 2 aliphatic heterocycles. The summed E-state index contributed by atoms with van der Waals surface area (Å²) in [6.07, 6.45) is 3.72. The first kappa shape index (κ1) is 17.9. The van der Waals surface area contributed by atoms with Crippen LogP contribution in [0, 0.1) is 0 Å². The fourth-order valence-electron chi connectivity index (χ4n) is 4.81. The van der Waals surface area contributed by atoms with Gasteiger partial charge in [-0.05, 0) is 37.7 Å². The van der Waals surface area contributed by atoms with Crippen molar-refractivity contribution in [3.05, 3.63) is 52.8 Å². The van der Waals surface area contributed by atoms with E-state index in [1.54, 1.807) is 9.80 Å². The second-order valence-corrected chi connectivity index (χ2v) is 8.04. The molecule has 3 aliphatic rings. The maximum atomic E-state index is 13.0. The lowest BCUT2D eigenvalue weighted by Gasteiger charge is -2.42. The van der Waals surface area contributed by atoms with Crippen molar-refractivity contribution in [1.82, 2.24) is 25.3 Å². The molecule has 2 N–H and O–H groups in total. The summed E-state index contributed by atoms with van der Waals surface area (Å²) in [6.45, 7) is 1.22. The number of aromatic nitrogens is 2. The summed E-state index contributed by atoms with van der Waals surface area (Å²) < 4.78 is 0. The molecular weight excluding hydrogens is 370 g/mol. The lowest BCUT2D eigenvalue weighted by molar-refractivity contribution is -0.129. The van der Waals surface area contributed by atoms with Crippen LogP contribution in [0.1, 0.15) is 46.6 Å². The van der Waals surface area contributed by atoms with E-state index in [4.69, 9.17) is 0 Å². The van der Waals surface area contributed by atoms with Crippen LogP contribution in [0.15, 0.2) is 30.3 Å². The Kier molecular flexibility index (Phi) is 4.15. The summed E-state index contributed by atoms with van der Waals surface area (Å²) in [4.78, 5) is 41.6. The lowest BCUT2D eigenvalue weighted by atomic mass is 9.85. The first-order valence-electron chi connectivity index (χ1n) is 10.1. The molecule has 1 aromatic heterocycles. The standard InChI is InChI=1S/C21H23N5O3/c27-18(17-15-7-4-8-16(15)23-24-17)25-11-9-21(10-12-25)19(28)22-20(29)26(21)13-14-5-2-1-3-6-14/h1-3,5-6H,4,7-13H2,(H,23,24)(H,22,28,29). The van der Waals surface area contributed by atoms with E-state index in [0.29, 0.717) is 38.2 Å². The Labute approximate surface area is 168 Å². The highest BCUT2D eigenvalue weighted by Gasteiger charge is 2.54. The van der Waals surface area contributed by atoms with Crippen molar-refractivity contribution in [2.75, 3.05) is 13.1 Å². The third-order valence-electron chi connectivity index (χ3n) is 6.48. The molecule has 2 fully saturated rings. The van der Waals surface area contributed by atoms with E-state index in [9.17, 15) is 14.4 Å². The van der Waals surface area contributed by atoms with Gasteiger partial charge in [0.15, 0.2) is 5.69 Å². The van der Waals surface area contributed by atoms with E-state index in [0.717, 1.165) is 36.1 Å². The number of piperidine rings is 1. The molecule has 0 unspecified atom stereocenters. The van der Waals surface area contributed by atoms with E-state index in [1.807, 2.05) is 30.3 Å². The molecule has 150 valence electrons. The van der Waals surface area contributed by atoms with E-state index < -0.39 is 5.54 Å². The normalized spacial score (nSPS) is 20.3. The fourth-order valence-corrected chi connectivity index (χ4v) is 4.81. The van der Waals surface area contributed by atoms with Crippen LogP contribution in [0.5, 0.6) is 0 Å². The largest absolute Gasteiger partial charge is 0.337 e. The molecule has 2 saturated heterocycles. The van der Waals surface area contributed by atoms with Crippen LogP contribution in [0.4, 0.5) is 4.79 Å². The molecule has 2 aromatic rings. The molecule has 8 heteroatoms. The number of aromatic amines is 1. The Morgan fingerprint density at radius 3 is 2.62 bits per heavy atom. The molecule has 29 heavy (non-hydrogen) atoms. The van der Waals surface area contributed by atoms with Gasteiger partial charge in [0.25, 0.3) is 11.8 Å². The lowest BCUT2D eigenvalue weighted by Crippen LogP contribution is -2.57. The Bertz CT molecular complexity index is 975. The molecule has 4 amide bonds. The van der Waals surface area contributed by atoms with Crippen LogP contribution in [0.25, 0.3) is 0 Å². The van der Waals surface area contributed by atoms with Crippen LogP contribution < -0.4 is 5.32 Å². The molecule has 1 spiro atoms. The highest BCUT2D eigenvalue weighted by Crippen LogP contribution is 2.35. The fraction of sp³-hybridized carbons (Fsp3) is 0.429.